The number of carbonyl (C=O) groups excluding carboxylic acids is 3. The lowest BCUT2D eigenvalue weighted by molar-refractivity contribution is -0.144. The molecule has 184 valence electrons. The highest BCUT2D eigenvalue weighted by Crippen LogP contribution is 2.15. The second-order valence-corrected chi connectivity index (χ2v) is 8.45. The van der Waals surface area contributed by atoms with Crippen LogP contribution in [0.15, 0.2) is 30.3 Å². The molecule has 1 unspecified atom stereocenters. The molecule has 0 aliphatic heterocycles. The van der Waals surface area contributed by atoms with Crippen LogP contribution < -0.4 is 10.6 Å². The molecule has 1 amide bonds. The largest absolute Gasteiger partial charge is 0.467 e. The minimum absolute atomic E-state index is 0.142. The normalized spacial score (nSPS) is 14.1. The molecule has 0 aromatic heterocycles. The quantitative estimate of drug-likeness (QED) is 0.256. The standard InChI is InChI=1S/C21H30N2O4.C6H12/c1-22-16-20(25)23-19(21(26)27-2)15-18-12-9-11-17(14-18)10-7-5-3-4-6-8-13-24;1-2-4-6-5-3-1/h7,9-14,19,22H,3-6,8,15-16H2,1-2H3,(H,23,25);1-6H2/b10-7-;. The van der Waals surface area contributed by atoms with Gasteiger partial charge < -0.3 is 20.2 Å². The maximum absolute atomic E-state index is 12.0. The topological polar surface area (TPSA) is 84.5 Å². The van der Waals surface area contributed by atoms with E-state index in [1.165, 1.54) is 45.6 Å². The van der Waals surface area contributed by atoms with Crippen LogP contribution in [0.25, 0.3) is 6.08 Å². The van der Waals surface area contributed by atoms with Crippen molar-refractivity contribution in [3.63, 3.8) is 0 Å². The summed E-state index contributed by atoms with van der Waals surface area (Å²) < 4.78 is 4.80. The third-order valence-electron chi connectivity index (χ3n) is 5.55. The average Bonchev–Trinajstić information content (AvgIpc) is 2.84. The highest BCUT2D eigenvalue weighted by atomic mass is 16.5. The van der Waals surface area contributed by atoms with Crippen molar-refractivity contribution in [3.05, 3.63) is 41.5 Å². The van der Waals surface area contributed by atoms with Crippen molar-refractivity contribution in [3.8, 4) is 0 Å². The number of carbonyl (C=O) groups is 3. The summed E-state index contributed by atoms with van der Waals surface area (Å²) in [5.41, 5.74) is 1.99. The molecule has 1 aromatic rings. The molecule has 0 spiro atoms. The molecule has 2 rings (SSSR count). The molecule has 33 heavy (non-hydrogen) atoms. The summed E-state index contributed by atoms with van der Waals surface area (Å²) >= 11 is 0. The average molecular weight is 459 g/mol. The van der Waals surface area contributed by atoms with Crippen molar-refractivity contribution in [1.29, 1.82) is 0 Å². The van der Waals surface area contributed by atoms with Gasteiger partial charge in [0.15, 0.2) is 0 Å². The predicted molar refractivity (Wildman–Crippen MR) is 134 cm³/mol. The first-order valence-corrected chi connectivity index (χ1v) is 12.3. The zero-order valence-electron chi connectivity index (χ0n) is 20.4. The second kappa shape index (κ2) is 19.0. The Bertz CT molecular complexity index is 702. The lowest BCUT2D eigenvalue weighted by atomic mass is 10.0. The molecule has 1 aliphatic rings. The summed E-state index contributed by atoms with van der Waals surface area (Å²) in [5, 5.41) is 5.45. The Labute approximate surface area is 199 Å². The molecule has 6 nitrogen and oxygen atoms in total. The molecule has 0 bridgehead atoms. The van der Waals surface area contributed by atoms with Gasteiger partial charge in [-0.25, -0.2) is 4.79 Å². The third kappa shape index (κ3) is 14.3. The predicted octanol–water partition coefficient (Wildman–Crippen LogP) is 4.61. The van der Waals surface area contributed by atoms with E-state index in [2.05, 4.69) is 22.8 Å². The van der Waals surface area contributed by atoms with E-state index < -0.39 is 12.0 Å². The van der Waals surface area contributed by atoms with Gasteiger partial charge >= 0.3 is 5.97 Å². The van der Waals surface area contributed by atoms with Gasteiger partial charge in [-0.15, -0.1) is 0 Å². The number of likely N-dealkylation sites (N-methyl/N-ethyl adjacent to an activating group) is 1. The van der Waals surface area contributed by atoms with Crippen molar-refractivity contribution >= 4 is 24.2 Å². The van der Waals surface area contributed by atoms with E-state index >= 15 is 0 Å². The maximum Gasteiger partial charge on any atom is 0.328 e. The monoisotopic (exact) mass is 458 g/mol. The van der Waals surface area contributed by atoms with E-state index in [4.69, 9.17) is 4.74 Å². The molecule has 1 saturated carbocycles. The summed E-state index contributed by atoms with van der Waals surface area (Å²) in [5.74, 6) is -0.714. The minimum atomic E-state index is -0.715. The molecule has 1 atom stereocenters. The van der Waals surface area contributed by atoms with Gasteiger partial charge in [0.25, 0.3) is 0 Å². The molecular weight excluding hydrogens is 416 g/mol. The number of hydrogen-bond donors (Lipinski definition) is 2. The fourth-order valence-electron chi connectivity index (χ4n) is 3.75. The highest BCUT2D eigenvalue weighted by Gasteiger charge is 2.21. The van der Waals surface area contributed by atoms with Gasteiger partial charge in [-0.3, -0.25) is 4.79 Å². The van der Waals surface area contributed by atoms with Crippen LogP contribution >= 0.6 is 0 Å². The minimum Gasteiger partial charge on any atom is -0.467 e. The van der Waals surface area contributed by atoms with E-state index in [1.807, 2.05) is 24.3 Å². The number of nitrogens with one attached hydrogen (secondary N) is 2. The molecule has 0 saturated heterocycles. The number of unbranched alkanes of at least 4 members (excludes halogenated alkanes) is 4. The van der Waals surface area contributed by atoms with E-state index in [-0.39, 0.29) is 12.5 Å². The molecule has 1 aliphatic carbocycles. The Balaban J connectivity index is 0.000000779. The number of allylic oxidation sites excluding steroid dienone is 1. The van der Waals surface area contributed by atoms with Gasteiger partial charge in [-0.1, -0.05) is 81.4 Å². The third-order valence-corrected chi connectivity index (χ3v) is 5.55. The molecule has 0 heterocycles. The molecule has 1 aromatic carbocycles. The number of rotatable bonds is 13. The zero-order chi connectivity index (χ0) is 24.2. The number of ether oxygens (including phenoxy) is 1. The summed E-state index contributed by atoms with van der Waals surface area (Å²) in [6.45, 7) is 0.142. The van der Waals surface area contributed by atoms with Crippen LogP contribution in [-0.4, -0.2) is 44.9 Å². The van der Waals surface area contributed by atoms with Crippen molar-refractivity contribution in [2.75, 3.05) is 20.7 Å². The zero-order valence-corrected chi connectivity index (χ0v) is 20.4. The maximum atomic E-state index is 12.0. The lowest BCUT2D eigenvalue weighted by Crippen LogP contribution is -2.45. The fourth-order valence-corrected chi connectivity index (χ4v) is 3.75. The molecule has 0 radical (unpaired) electrons. The second-order valence-electron chi connectivity index (χ2n) is 8.45. The SMILES string of the molecule is C1CCCCC1.CNCC(=O)NC(Cc1cccc(/C=C\CCCCCC=O)c1)C(=O)OC. The van der Waals surface area contributed by atoms with Gasteiger partial charge in [-0.2, -0.15) is 0 Å². The van der Waals surface area contributed by atoms with Gasteiger partial charge in [0, 0.05) is 12.8 Å². The lowest BCUT2D eigenvalue weighted by Gasteiger charge is -2.16. The summed E-state index contributed by atoms with van der Waals surface area (Å²) in [4.78, 5) is 34.0. The smallest absolute Gasteiger partial charge is 0.328 e. The Morgan fingerprint density at radius 3 is 2.30 bits per heavy atom. The Kier molecular flexibility index (Phi) is 16.5. The molecular formula is C27H42N2O4. The summed E-state index contributed by atoms with van der Waals surface area (Å²) in [6.07, 6.45) is 19.2. The number of esters is 1. The number of methoxy groups -OCH3 is 1. The first-order valence-electron chi connectivity index (χ1n) is 12.3. The van der Waals surface area contributed by atoms with Crippen LogP contribution in [0.2, 0.25) is 0 Å². The van der Waals surface area contributed by atoms with Crippen molar-refractivity contribution < 1.29 is 19.1 Å². The van der Waals surface area contributed by atoms with E-state index in [9.17, 15) is 14.4 Å². The number of aldehydes is 1. The van der Waals surface area contributed by atoms with E-state index in [0.717, 1.165) is 43.1 Å². The Morgan fingerprint density at radius 2 is 1.70 bits per heavy atom. The summed E-state index contributed by atoms with van der Waals surface area (Å²) in [7, 11) is 2.98. The molecule has 1 fully saturated rings. The number of amides is 1. The van der Waals surface area contributed by atoms with Crippen LogP contribution in [0.4, 0.5) is 0 Å². The number of benzene rings is 1. The van der Waals surface area contributed by atoms with Gasteiger partial charge in [0.2, 0.25) is 5.91 Å². The van der Waals surface area contributed by atoms with E-state index in [1.54, 1.807) is 7.05 Å². The first kappa shape index (κ1) is 28.6. The fraction of sp³-hybridized carbons (Fsp3) is 0.593. The Hall–Kier alpha value is -2.47. The van der Waals surface area contributed by atoms with Crippen molar-refractivity contribution in [2.45, 2.75) is 83.1 Å². The highest BCUT2D eigenvalue weighted by molar-refractivity contribution is 5.85. The summed E-state index contributed by atoms with van der Waals surface area (Å²) in [6, 6.07) is 7.15. The Morgan fingerprint density at radius 1 is 1.03 bits per heavy atom. The number of hydrogen-bond acceptors (Lipinski definition) is 5. The van der Waals surface area contributed by atoms with Gasteiger partial charge in [-0.05, 0) is 37.4 Å². The van der Waals surface area contributed by atoms with Crippen LogP contribution in [0.1, 0.15) is 81.8 Å². The molecule has 6 heteroatoms. The first-order chi connectivity index (χ1) is 16.1. The molecule has 2 N–H and O–H groups in total. The van der Waals surface area contributed by atoms with Crippen LogP contribution in [-0.2, 0) is 25.5 Å². The van der Waals surface area contributed by atoms with E-state index in [0.29, 0.717) is 12.8 Å². The van der Waals surface area contributed by atoms with Crippen molar-refractivity contribution in [1.82, 2.24) is 10.6 Å². The van der Waals surface area contributed by atoms with Gasteiger partial charge in [0.05, 0.1) is 13.7 Å². The van der Waals surface area contributed by atoms with Crippen LogP contribution in [0.5, 0.6) is 0 Å². The van der Waals surface area contributed by atoms with Gasteiger partial charge in [0.1, 0.15) is 12.3 Å². The van der Waals surface area contributed by atoms with Crippen LogP contribution in [0, 0.1) is 0 Å². The van der Waals surface area contributed by atoms with Crippen molar-refractivity contribution in [2.24, 2.45) is 0 Å². The van der Waals surface area contributed by atoms with Crippen LogP contribution in [0.3, 0.4) is 0 Å².